The van der Waals surface area contributed by atoms with E-state index >= 15 is 0 Å². The summed E-state index contributed by atoms with van der Waals surface area (Å²) in [5.41, 5.74) is 3.40. The minimum atomic E-state index is -3.73. The zero-order chi connectivity index (χ0) is 24.7. The molecule has 0 bridgehead atoms. The molecule has 0 saturated carbocycles. The molecular weight excluding hydrogens is 452 g/mol. The van der Waals surface area contributed by atoms with Crippen LogP contribution in [-0.4, -0.2) is 33.8 Å². The van der Waals surface area contributed by atoms with Gasteiger partial charge in [-0.15, -0.1) is 0 Å². The molecule has 0 heterocycles. The predicted octanol–water partition coefficient (Wildman–Crippen LogP) is 3.83. The Morgan fingerprint density at radius 3 is 2.18 bits per heavy atom. The van der Waals surface area contributed by atoms with E-state index in [2.05, 4.69) is 27.2 Å². The number of carbonyl (C=O) groups is 2. The van der Waals surface area contributed by atoms with Crippen molar-refractivity contribution in [3.63, 3.8) is 0 Å². The lowest BCUT2D eigenvalue weighted by Gasteiger charge is -2.17. The van der Waals surface area contributed by atoms with Crippen molar-refractivity contribution in [2.24, 2.45) is 0 Å². The van der Waals surface area contributed by atoms with Gasteiger partial charge in [0.15, 0.2) is 0 Å². The van der Waals surface area contributed by atoms with Gasteiger partial charge in [-0.25, -0.2) is 13.1 Å². The fraction of sp³-hybridized carbons (Fsp3) is 0.200. The number of hydrogen-bond donors (Lipinski definition) is 3. The topological polar surface area (TPSA) is 108 Å². The van der Waals surface area contributed by atoms with Crippen LogP contribution in [0.3, 0.4) is 0 Å². The summed E-state index contributed by atoms with van der Waals surface area (Å²) >= 11 is 0. The molecule has 0 unspecified atom stereocenters. The van der Waals surface area contributed by atoms with Crippen molar-refractivity contribution in [1.29, 1.82) is 0 Å². The lowest BCUT2D eigenvalue weighted by Crippen LogP contribution is -2.23. The number of anilines is 3. The molecule has 0 aromatic heterocycles. The second-order valence-corrected chi connectivity index (χ2v) is 9.51. The van der Waals surface area contributed by atoms with Crippen LogP contribution in [0.1, 0.15) is 29.8 Å². The van der Waals surface area contributed by atoms with E-state index in [1.807, 2.05) is 31.3 Å². The molecule has 0 aliphatic rings. The van der Waals surface area contributed by atoms with E-state index in [1.54, 1.807) is 24.3 Å². The maximum atomic E-state index is 12.6. The molecule has 0 spiro atoms. The van der Waals surface area contributed by atoms with E-state index in [1.165, 1.54) is 31.2 Å². The first-order valence-corrected chi connectivity index (χ1v) is 12.2. The number of carbonyl (C=O) groups excluding carboxylic acids is 2. The van der Waals surface area contributed by atoms with E-state index in [9.17, 15) is 18.0 Å². The number of nitrogens with zero attached hydrogens (tertiary/aromatic N) is 1. The molecule has 8 nitrogen and oxygen atoms in total. The van der Waals surface area contributed by atoms with Crippen molar-refractivity contribution in [2.75, 3.05) is 29.1 Å². The van der Waals surface area contributed by atoms with Crippen LogP contribution < -0.4 is 20.3 Å². The first-order chi connectivity index (χ1) is 16.2. The lowest BCUT2D eigenvalue weighted by atomic mass is 10.1. The van der Waals surface area contributed by atoms with Crippen LogP contribution in [0.15, 0.2) is 77.7 Å². The second kappa shape index (κ2) is 11.0. The molecule has 3 rings (SSSR count). The van der Waals surface area contributed by atoms with E-state index in [4.69, 9.17) is 0 Å². The largest absolute Gasteiger partial charge is 0.375 e. The number of amides is 2. The Kier molecular flexibility index (Phi) is 8.04. The number of rotatable bonds is 9. The van der Waals surface area contributed by atoms with Crippen LogP contribution in [0.2, 0.25) is 0 Å². The zero-order valence-electron chi connectivity index (χ0n) is 19.3. The monoisotopic (exact) mass is 480 g/mol. The molecule has 0 aliphatic carbocycles. The van der Waals surface area contributed by atoms with E-state index < -0.39 is 10.0 Å². The van der Waals surface area contributed by atoms with Gasteiger partial charge in [0.25, 0.3) is 5.91 Å². The van der Waals surface area contributed by atoms with Crippen LogP contribution >= 0.6 is 0 Å². The van der Waals surface area contributed by atoms with Crippen molar-refractivity contribution in [3.8, 4) is 0 Å². The van der Waals surface area contributed by atoms with Gasteiger partial charge in [-0.05, 0) is 67.1 Å². The van der Waals surface area contributed by atoms with Gasteiger partial charge < -0.3 is 15.5 Å². The van der Waals surface area contributed by atoms with E-state index in [-0.39, 0.29) is 23.3 Å². The minimum Gasteiger partial charge on any atom is -0.375 e. The third kappa shape index (κ3) is 6.66. The summed E-state index contributed by atoms with van der Waals surface area (Å²) in [6.07, 6.45) is 0. The van der Waals surface area contributed by atoms with Gasteiger partial charge in [0.05, 0.1) is 4.90 Å². The molecule has 0 atom stereocenters. The Morgan fingerprint density at radius 2 is 1.56 bits per heavy atom. The summed E-state index contributed by atoms with van der Waals surface area (Å²) < 4.78 is 27.6. The first-order valence-electron chi connectivity index (χ1n) is 10.8. The molecule has 34 heavy (non-hydrogen) atoms. The van der Waals surface area contributed by atoms with Gasteiger partial charge in [-0.3, -0.25) is 9.59 Å². The number of benzene rings is 3. The highest BCUT2D eigenvalue weighted by Gasteiger charge is 2.14. The Morgan fingerprint density at radius 1 is 0.882 bits per heavy atom. The third-order valence-corrected chi connectivity index (χ3v) is 6.60. The van der Waals surface area contributed by atoms with Crippen molar-refractivity contribution in [3.05, 3.63) is 83.9 Å². The average molecular weight is 481 g/mol. The first kappa shape index (κ1) is 24.9. The summed E-state index contributed by atoms with van der Waals surface area (Å²) in [6.45, 7) is 4.36. The summed E-state index contributed by atoms with van der Waals surface area (Å²) in [5, 5.41) is 5.48. The third-order valence-electron chi connectivity index (χ3n) is 5.19. The number of sulfonamides is 1. The fourth-order valence-corrected chi connectivity index (χ4v) is 4.18. The van der Waals surface area contributed by atoms with Gasteiger partial charge in [0, 0.05) is 49.7 Å². The Labute approximate surface area is 200 Å². The average Bonchev–Trinajstić information content (AvgIpc) is 2.82. The van der Waals surface area contributed by atoms with Crippen LogP contribution in [0, 0.1) is 0 Å². The molecule has 0 saturated heterocycles. The predicted molar refractivity (Wildman–Crippen MR) is 135 cm³/mol. The molecule has 178 valence electrons. The normalized spacial score (nSPS) is 11.0. The molecule has 0 fully saturated rings. The van der Waals surface area contributed by atoms with Gasteiger partial charge in [0.2, 0.25) is 15.9 Å². The molecule has 9 heteroatoms. The standard InChI is InChI=1S/C25H28N4O4S/c1-4-29(3)23-7-5-6-22(16-23)28-25(31)20-10-8-19(9-11-20)17-26-34(32,33)24-14-12-21(13-15-24)27-18(2)30/h5-16,26H,4,17H2,1-3H3,(H,27,30)(H,28,31). The Balaban J connectivity index is 1.60. The maximum Gasteiger partial charge on any atom is 0.255 e. The summed E-state index contributed by atoms with van der Waals surface area (Å²) in [5.74, 6) is -0.480. The molecular formula is C25H28N4O4S. The summed E-state index contributed by atoms with van der Waals surface area (Å²) in [4.78, 5) is 25.9. The SMILES string of the molecule is CCN(C)c1cccc(NC(=O)c2ccc(CNS(=O)(=O)c3ccc(NC(C)=O)cc3)cc2)c1. The highest BCUT2D eigenvalue weighted by atomic mass is 32.2. The van der Waals surface area contributed by atoms with Crippen molar-refractivity contribution < 1.29 is 18.0 Å². The molecule has 2 amide bonds. The number of nitrogens with one attached hydrogen (secondary N) is 3. The van der Waals surface area contributed by atoms with Gasteiger partial charge in [0.1, 0.15) is 0 Å². The van der Waals surface area contributed by atoms with Crippen molar-refractivity contribution in [2.45, 2.75) is 25.3 Å². The summed E-state index contributed by atoms with van der Waals surface area (Å²) in [7, 11) is -1.75. The quantitative estimate of drug-likeness (QED) is 0.431. The van der Waals surface area contributed by atoms with Crippen molar-refractivity contribution >= 4 is 38.9 Å². The Bertz CT molecular complexity index is 1260. The molecule has 3 N–H and O–H groups in total. The van der Waals surface area contributed by atoms with Gasteiger partial charge >= 0.3 is 0 Å². The highest BCUT2D eigenvalue weighted by molar-refractivity contribution is 7.89. The molecule has 3 aromatic carbocycles. The summed E-state index contributed by atoms with van der Waals surface area (Å²) in [6, 6.07) is 20.2. The van der Waals surface area contributed by atoms with Crippen LogP contribution in [0.4, 0.5) is 17.1 Å². The van der Waals surface area contributed by atoms with Gasteiger partial charge in [-0.1, -0.05) is 18.2 Å². The van der Waals surface area contributed by atoms with E-state index in [0.717, 1.165) is 12.2 Å². The second-order valence-electron chi connectivity index (χ2n) is 7.75. The fourth-order valence-electron chi connectivity index (χ4n) is 3.16. The van der Waals surface area contributed by atoms with Crippen molar-refractivity contribution in [1.82, 2.24) is 4.72 Å². The van der Waals surface area contributed by atoms with Crippen LogP contribution in [0.25, 0.3) is 0 Å². The Hall–Kier alpha value is -3.69. The highest BCUT2D eigenvalue weighted by Crippen LogP contribution is 2.19. The smallest absolute Gasteiger partial charge is 0.255 e. The maximum absolute atomic E-state index is 12.6. The molecule has 3 aromatic rings. The zero-order valence-corrected chi connectivity index (χ0v) is 20.1. The van der Waals surface area contributed by atoms with E-state index in [0.29, 0.717) is 22.5 Å². The molecule has 0 aliphatic heterocycles. The van der Waals surface area contributed by atoms with Crippen LogP contribution in [0.5, 0.6) is 0 Å². The van der Waals surface area contributed by atoms with Gasteiger partial charge in [-0.2, -0.15) is 0 Å². The number of hydrogen-bond acceptors (Lipinski definition) is 5. The molecule has 0 radical (unpaired) electrons. The minimum absolute atomic E-state index is 0.0725. The lowest BCUT2D eigenvalue weighted by molar-refractivity contribution is -0.114. The van der Waals surface area contributed by atoms with Crippen LogP contribution in [-0.2, 0) is 21.4 Å².